The van der Waals surface area contributed by atoms with Gasteiger partial charge in [-0.05, 0) is 47.2 Å². The van der Waals surface area contributed by atoms with Gasteiger partial charge in [0.2, 0.25) is 0 Å². The van der Waals surface area contributed by atoms with E-state index in [1.807, 2.05) is 6.92 Å². The van der Waals surface area contributed by atoms with Gasteiger partial charge in [0.05, 0.1) is 17.2 Å². The molecule has 0 radical (unpaired) electrons. The SMILES string of the molecule is Cc1cc(C#N)c(I)cc1C#N. The summed E-state index contributed by atoms with van der Waals surface area (Å²) < 4.78 is 0.831. The third kappa shape index (κ3) is 1.57. The standard InChI is InChI=1S/C9H5IN2/c1-6-2-8(5-12)9(10)3-7(6)4-11/h2-3H,1H3. The Kier molecular flexibility index (Phi) is 2.67. The molecule has 1 aromatic carbocycles. The normalized spacial score (nSPS) is 8.67. The Morgan fingerprint density at radius 1 is 1.17 bits per heavy atom. The van der Waals surface area contributed by atoms with Crippen LogP contribution in [0.3, 0.4) is 0 Å². The number of nitrogens with zero attached hydrogens (tertiary/aromatic N) is 2. The van der Waals surface area contributed by atoms with Crippen molar-refractivity contribution in [2.75, 3.05) is 0 Å². The third-order valence-electron chi connectivity index (χ3n) is 1.55. The van der Waals surface area contributed by atoms with Crippen LogP contribution in [0.25, 0.3) is 0 Å². The van der Waals surface area contributed by atoms with Crippen LogP contribution in [0.4, 0.5) is 0 Å². The van der Waals surface area contributed by atoms with Crippen LogP contribution in [-0.2, 0) is 0 Å². The summed E-state index contributed by atoms with van der Waals surface area (Å²) >= 11 is 2.05. The second-order valence-corrected chi connectivity index (χ2v) is 3.53. The van der Waals surface area contributed by atoms with Gasteiger partial charge in [0.25, 0.3) is 0 Å². The lowest BCUT2D eigenvalue weighted by Gasteiger charge is -1.99. The Morgan fingerprint density at radius 3 is 2.25 bits per heavy atom. The Balaban J connectivity index is 3.41. The molecule has 0 atom stereocenters. The zero-order valence-corrected chi connectivity index (χ0v) is 8.58. The molecule has 0 saturated carbocycles. The smallest absolute Gasteiger partial charge is 0.100 e. The molecule has 58 valence electrons. The molecule has 0 aliphatic rings. The molecule has 0 unspecified atom stereocenters. The summed E-state index contributed by atoms with van der Waals surface area (Å²) in [5.74, 6) is 0. The number of rotatable bonds is 0. The van der Waals surface area contributed by atoms with E-state index in [-0.39, 0.29) is 0 Å². The maximum Gasteiger partial charge on any atom is 0.100 e. The predicted octanol–water partition coefficient (Wildman–Crippen LogP) is 2.34. The van der Waals surface area contributed by atoms with Crippen molar-refractivity contribution in [2.24, 2.45) is 0 Å². The molecule has 0 aliphatic heterocycles. The number of benzene rings is 1. The molecule has 0 bridgehead atoms. The van der Waals surface area contributed by atoms with Crippen LogP contribution in [0.2, 0.25) is 0 Å². The van der Waals surface area contributed by atoms with Crippen molar-refractivity contribution >= 4 is 22.6 Å². The molecule has 0 heterocycles. The molecule has 0 saturated heterocycles. The lowest BCUT2D eigenvalue weighted by molar-refractivity contribution is 1.35. The average Bonchev–Trinajstić information content (AvgIpc) is 2.08. The van der Waals surface area contributed by atoms with Crippen LogP contribution in [0, 0.1) is 33.2 Å². The first-order chi connectivity index (χ1) is 5.69. The van der Waals surface area contributed by atoms with Gasteiger partial charge in [-0.3, -0.25) is 0 Å². The number of aryl methyl sites for hydroxylation is 1. The van der Waals surface area contributed by atoms with Crippen molar-refractivity contribution < 1.29 is 0 Å². The van der Waals surface area contributed by atoms with Crippen LogP contribution in [0.15, 0.2) is 12.1 Å². The van der Waals surface area contributed by atoms with E-state index in [1.54, 1.807) is 12.1 Å². The highest BCUT2D eigenvalue weighted by atomic mass is 127. The number of nitriles is 2. The second-order valence-electron chi connectivity index (χ2n) is 2.37. The Morgan fingerprint density at radius 2 is 1.75 bits per heavy atom. The first-order valence-corrected chi connectivity index (χ1v) is 4.37. The van der Waals surface area contributed by atoms with Gasteiger partial charge in [-0.15, -0.1) is 0 Å². The van der Waals surface area contributed by atoms with Gasteiger partial charge in [0, 0.05) is 3.57 Å². The second kappa shape index (κ2) is 3.55. The van der Waals surface area contributed by atoms with E-state index in [1.165, 1.54) is 0 Å². The zero-order valence-electron chi connectivity index (χ0n) is 6.43. The fourth-order valence-electron chi connectivity index (χ4n) is 0.888. The zero-order chi connectivity index (χ0) is 9.14. The van der Waals surface area contributed by atoms with Crippen molar-refractivity contribution in [1.29, 1.82) is 10.5 Å². The van der Waals surface area contributed by atoms with Crippen molar-refractivity contribution in [1.82, 2.24) is 0 Å². The van der Waals surface area contributed by atoms with Gasteiger partial charge in [0.15, 0.2) is 0 Å². The number of halogens is 1. The van der Waals surface area contributed by atoms with Crippen molar-refractivity contribution in [3.8, 4) is 12.1 Å². The molecular formula is C9H5IN2. The highest BCUT2D eigenvalue weighted by molar-refractivity contribution is 14.1. The van der Waals surface area contributed by atoms with Crippen molar-refractivity contribution in [3.63, 3.8) is 0 Å². The Bertz CT molecular complexity index is 356. The number of hydrogen-bond donors (Lipinski definition) is 0. The molecule has 0 spiro atoms. The van der Waals surface area contributed by atoms with E-state index >= 15 is 0 Å². The van der Waals surface area contributed by atoms with Gasteiger partial charge >= 0.3 is 0 Å². The predicted molar refractivity (Wildman–Crippen MR) is 53.3 cm³/mol. The molecule has 0 fully saturated rings. The lowest BCUT2D eigenvalue weighted by atomic mass is 10.1. The summed E-state index contributed by atoms with van der Waals surface area (Å²) in [4.78, 5) is 0. The van der Waals surface area contributed by atoms with Crippen molar-refractivity contribution in [2.45, 2.75) is 6.92 Å². The molecule has 0 amide bonds. The lowest BCUT2D eigenvalue weighted by Crippen LogP contribution is -1.88. The fourth-order valence-corrected chi connectivity index (χ4v) is 1.48. The molecule has 12 heavy (non-hydrogen) atoms. The molecule has 0 aliphatic carbocycles. The van der Waals surface area contributed by atoms with E-state index in [0.29, 0.717) is 11.1 Å². The van der Waals surface area contributed by atoms with Crippen LogP contribution in [0.5, 0.6) is 0 Å². The minimum atomic E-state index is 0.632. The van der Waals surface area contributed by atoms with Gasteiger partial charge in [-0.2, -0.15) is 10.5 Å². The summed E-state index contributed by atoms with van der Waals surface area (Å²) in [6.07, 6.45) is 0. The summed E-state index contributed by atoms with van der Waals surface area (Å²) in [6.45, 7) is 1.83. The maximum absolute atomic E-state index is 8.67. The van der Waals surface area contributed by atoms with E-state index < -0.39 is 0 Å². The quantitative estimate of drug-likeness (QED) is 0.678. The summed E-state index contributed by atoms with van der Waals surface area (Å²) in [5.41, 5.74) is 2.12. The Labute approximate surface area is 84.6 Å². The van der Waals surface area contributed by atoms with Crippen LogP contribution in [-0.4, -0.2) is 0 Å². The molecule has 0 N–H and O–H groups in total. The highest BCUT2D eigenvalue weighted by Crippen LogP contribution is 2.16. The molecular weight excluding hydrogens is 263 g/mol. The van der Waals surface area contributed by atoms with Crippen molar-refractivity contribution in [3.05, 3.63) is 32.4 Å². The van der Waals surface area contributed by atoms with Crippen LogP contribution >= 0.6 is 22.6 Å². The largest absolute Gasteiger partial charge is 0.192 e. The molecule has 0 aromatic heterocycles. The summed E-state index contributed by atoms with van der Waals surface area (Å²) in [5, 5.41) is 17.3. The van der Waals surface area contributed by atoms with Crippen LogP contribution in [0.1, 0.15) is 16.7 Å². The topological polar surface area (TPSA) is 47.6 Å². The minimum absolute atomic E-state index is 0.632. The fraction of sp³-hybridized carbons (Fsp3) is 0.111. The first kappa shape index (κ1) is 9.02. The molecule has 2 nitrogen and oxygen atoms in total. The summed E-state index contributed by atoms with van der Waals surface area (Å²) in [6, 6.07) is 7.61. The van der Waals surface area contributed by atoms with Gasteiger partial charge in [0.1, 0.15) is 6.07 Å². The van der Waals surface area contributed by atoms with E-state index in [4.69, 9.17) is 10.5 Å². The molecule has 3 heteroatoms. The number of hydrogen-bond acceptors (Lipinski definition) is 2. The molecule has 1 aromatic rings. The highest BCUT2D eigenvalue weighted by Gasteiger charge is 2.03. The minimum Gasteiger partial charge on any atom is -0.192 e. The first-order valence-electron chi connectivity index (χ1n) is 3.29. The van der Waals surface area contributed by atoms with E-state index in [2.05, 4.69) is 34.7 Å². The monoisotopic (exact) mass is 268 g/mol. The Hall–Kier alpha value is -1.07. The van der Waals surface area contributed by atoms with E-state index in [9.17, 15) is 0 Å². The van der Waals surface area contributed by atoms with Gasteiger partial charge in [-0.25, -0.2) is 0 Å². The molecule has 1 rings (SSSR count). The average molecular weight is 268 g/mol. The van der Waals surface area contributed by atoms with Gasteiger partial charge in [-0.1, -0.05) is 0 Å². The third-order valence-corrected chi connectivity index (χ3v) is 2.45. The van der Waals surface area contributed by atoms with E-state index in [0.717, 1.165) is 9.13 Å². The van der Waals surface area contributed by atoms with Gasteiger partial charge < -0.3 is 0 Å². The van der Waals surface area contributed by atoms with Crippen LogP contribution < -0.4 is 0 Å². The maximum atomic E-state index is 8.67. The summed E-state index contributed by atoms with van der Waals surface area (Å²) in [7, 11) is 0.